The molecule has 2 saturated heterocycles. The van der Waals surface area contributed by atoms with Crippen LogP contribution in [-0.2, 0) is 9.47 Å². The van der Waals surface area contributed by atoms with E-state index in [2.05, 4.69) is 17.1 Å². The van der Waals surface area contributed by atoms with Gasteiger partial charge in [0.1, 0.15) is 0 Å². The van der Waals surface area contributed by atoms with E-state index in [1.165, 1.54) is 6.42 Å². The summed E-state index contributed by atoms with van der Waals surface area (Å²) in [6, 6.07) is 0.587. The third-order valence-electron chi connectivity index (χ3n) is 3.26. The first kappa shape index (κ1) is 11.3. The van der Waals surface area contributed by atoms with Crippen molar-refractivity contribution in [2.24, 2.45) is 0 Å². The van der Waals surface area contributed by atoms with Crippen molar-refractivity contribution in [3.63, 3.8) is 0 Å². The lowest BCUT2D eigenvalue weighted by atomic mass is 10.1. The van der Waals surface area contributed by atoms with Crippen molar-refractivity contribution in [2.45, 2.75) is 25.5 Å². The van der Waals surface area contributed by atoms with E-state index < -0.39 is 0 Å². The molecule has 2 atom stereocenters. The second-order valence-electron chi connectivity index (χ2n) is 4.33. The number of nitrogens with zero attached hydrogens (tertiary/aromatic N) is 1. The number of ether oxygens (including phenoxy) is 2. The molecule has 2 unspecified atom stereocenters. The minimum absolute atomic E-state index is 0.367. The molecule has 4 heteroatoms. The molecular weight excluding hydrogens is 192 g/mol. The third kappa shape index (κ3) is 3.14. The van der Waals surface area contributed by atoms with E-state index in [0.717, 1.165) is 46.0 Å². The number of hydrogen-bond donors (Lipinski definition) is 1. The highest BCUT2D eigenvalue weighted by atomic mass is 16.5. The van der Waals surface area contributed by atoms with Crippen LogP contribution in [0.25, 0.3) is 0 Å². The summed E-state index contributed by atoms with van der Waals surface area (Å²) in [6.45, 7) is 8.93. The zero-order chi connectivity index (χ0) is 10.5. The van der Waals surface area contributed by atoms with E-state index >= 15 is 0 Å². The summed E-state index contributed by atoms with van der Waals surface area (Å²) in [5.74, 6) is 0. The molecule has 0 radical (unpaired) electrons. The Morgan fingerprint density at radius 3 is 3.07 bits per heavy atom. The summed E-state index contributed by atoms with van der Waals surface area (Å²) >= 11 is 0. The smallest absolute Gasteiger partial charge is 0.0826 e. The molecular formula is C11H22N2O2. The van der Waals surface area contributed by atoms with Crippen LogP contribution in [0.15, 0.2) is 0 Å². The van der Waals surface area contributed by atoms with Gasteiger partial charge in [0.05, 0.1) is 25.9 Å². The van der Waals surface area contributed by atoms with E-state index in [1.807, 2.05) is 0 Å². The van der Waals surface area contributed by atoms with Crippen molar-refractivity contribution in [1.29, 1.82) is 0 Å². The fourth-order valence-electron chi connectivity index (χ4n) is 2.30. The van der Waals surface area contributed by atoms with Crippen molar-refractivity contribution >= 4 is 0 Å². The van der Waals surface area contributed by atoms with Crippen LogP contribution in [0.1, 0.15) is 13.3 Å². The number of nitrogens with one attached hydrogen (secondary N) is 1. The molecule has 88 valence electrons. The Labute approximate surface area is 91.9 Å². The zero-order valence-corrected chi connectivity index (χ0v) is 9.58. The topological polar surface area (TPSA) is 33.7 Å². The normalized spacial score (nSPS) is 34.2. The van der Waals surface area contributed by atoms with Gasteiger partial charge in [0.2, 0.25) is 0 Å². The second kappa shape index (κ2) is 5.80. The molecule has 0 saturated carbocycles. The van der Waals surface area contributed by atoms with Gasteiger partial charge in [0, 0.05) is 32.2 Å². The molecule has 0 aliphatic carbocycles. The van der Waals surface area contributed by atoms with Crippen LogP contribution < -0.4 is 5.32 Å². The van der Waals surface area contributed by atoms with Crippen LogP contribution in [0.3, 0.4) is 0 Å². The highest BCUT2D eigenvalue weighted by molar-refractivity contribution is 4.79. The van der Waals surface area contributed by atoms with Gasteiger partial charge in [-0.05, 0) is 6.42 Å². The van der Waals surface area contributed by atoms with Crippen molar-refractivity contribution < 1.29 is 9.47 Å². The van der Waals surface area contributed by atoms with E-state index in [0.29, 0.717) is 12.1 Å². The summed E-state index contributed by atoms with van der Waals surface area (Å²) < 4.78 is 11.2. The van der Waals surface area contributed by atoms with Crippen molar-refractivity contribution in [3.8, 4) is 0 Å². The molecule has 2 aliphatic heterocycles. The number of rotatable bonds is 3. The maximum Gasteiger partial charge on any atom is 0.0826 e. The fraction of sp³-hybridized carbons (Fsp3) is 1.00. The molecule has 0 amide bonds. The van der Waals surface area contributed by atoms with Crippen LogP contribution in [0, 0.1) is 0 Å². The summed E-state index contributed by atoms with van der Waals surface area (Å²) in [6.07, 6.45) is 1.53. The molecule has 0 aromatic rings. The van der Waals surface area contributed by atoms with Gasteiger partial charge in [-0.25, -0.2) is 0 Å². The molecule has 2 heterocycles. The van der Waals surface area contributed by atoms with Gasteiger partial charge < -0.3 is 14.8 Å². The molecule has 1 N–H and O–H groups in total. The minimum atomic E-state index is 0.367. The largest absolute Gasteiger partial charge is 0.378 e. The predicted molar refractivity (Wildman–Crippen MR) is 59.1 cm³/mol. The van der Waals surface area contributed by atoms with Gasteiger partial charge in [-0.3, -0.25) is 4.90 Å². The van der Waals surface area contributed by atoms with Gasteiger partial charge in [-0.1, -0.05) is 6.92 Å². The predicted octanol–water partition coefficient (Wildman–Crippen LogP) is 0.0856. The SMILES string of the molecule is CCC1COCCN1CC1CNCCO1. The van der Waals surface area contributed by atoms with Gasteiger partial charge in [0.25, 0.3) is 0 Å². The average molecular weight is 214 g/mol. The molecule has 0 spiro atoms. The zero-order valence-electron chi connectivity index (χ0n) is 9.58. The maximum atomic E-state index is 5.73. The molecule has 0 aromatic carbocycles. The Morgan fingerprint density at radius 1 is 1.40 bits per heavy atom. The molecule has 0 bridgehead atoms. The Hall–Kier alpha value is -0.160. The van der Waals surface area contributed by atoms with E-state index in [9.17, 15) is 0 Å². The average Bonchev–Trinajstić information content (AvgIpc) is 2.31. The van der Waals surface area contributed by atoms with Crippen LogP contribution in [0.4, 0.5) is 0 Å². The lowest BCUT2D eigenvalue weighted by Gasteiger charge is -2.38. The Bertz CT molecular complexity index is 183. The fourth-order valence-corrected chi connectivity index (χ4v) is 2.30. The highest BCUT2D eigenvalue weighted by Gasteiger charge is 2.25. The minimum Gasteiger partial charge on any atom is -0.378 e. The molecule has 2 aliphatic rings. The first-order chi connectivity index (χ1) is 7.40. The van der Waals surface area contributed by atoms with Crippen LogP contribution in [-0.4, -0.2) is 63.0 Å². The highest BCUT2D eigenvalue weighted by Crippen LogP contribution is 2.12. The summed E-state index contributed by atoms with van der Waals surface area (Å²) in [7, 11) is 0. The van der Waals surface area contributed by atoms with Gasteiger partial charge >= 0.3 is 0 Å². The Kier molecular flexibility index (Phi) is 4.38. The molecule has 0 aromatic heterocycles. The van der Waals surface area contributed by atoms with Crippen molar-refractivity contribution in [1.82, 2.24) is 10.2 Å². The van der Waals surface area contributed by atoms with E-state index in [-0.39, 0.29) is 0 Å². The maximum absolute atomic E-state index is 5.73. The number of morpholine rings is 2. The second-order valence-corrected chi connectivity index (χ2v) is 4.33. The lowest BCUT2D eigenvalue weighted by Crippen LogP contribution is -2.52. The van der Waals surface area contributed by atoms with Crippen molar-refractivity contribution in [2.75, 3.05) is 46.0 Å². The van der Waals surface area contributed by atoms with E-state index in [1.54, 1.807) is 0 Å². The number of hydrogen-bond acceptors (Lipinski definition) is 4. The molecule has 4 nitrogen and oxygen atoms in total. The first-order valence-corrected chi connectivity index (χ1v) is 6.04. The van der Waals surface area contributed by atoms with Crippen molar-refractivity contribution in [3.05, 3.63) is 0 Å². The monoisotopic (exact) mass is 214 g/mol. The summed E-state index contributed by atoms with van der Waals surface area (Å²) in [5, 5.41) is 3.37. The molecule has 2 rings (SSSR count). The third-order valence-corrected chi connectivity index (χ3v) is 3.26. The molecule has 2 fully saturated rings. The Morgan fingerprint density at radius 2 is 2.33 bits per heavy atom. The van der Waals surface area contributed by atoms with E-state index in [4.69, 9.17) is 9.47 Å². The van der Waals surface area contributed by atoms with Gasteiger partial charge in [0.15, 0.2) is 0 Å². The van der Waals surface area contributed by atoms with Crippen LogP contribution in [0.2, 0.25) is 0 Å². The summed E-state index contributed by atoms with van der Waals surface area (Å²) in [5.41, 5.74) is 0. The van der Waals surface area contributed by atoms with Gasteiger partial charge in [-0.2, -0.15) is 0 Å². The lowest BCUT2D eigenvalue weighted by molar-refractivity contribution is -0.0501. The molecule has 15 heavy (non-hydrogen) atoms. The van der Waals surface area contributed by atoms with Crippen LogP contribution >= 0.6 is 0 Å². The Balaban J connectivity index is 1.79. The van der Waals surface area contributed by atoms with Gasteiger partial charge in [-0.15, -0.1) is 0 Å². The summed E-state index contributed by atoms with van der Waals surface area (Å²) in [4.78, 5) is 2.52. The van der Waals surface area contributed by atoms with Crippen LogP contribution in [0.5, 0.6) is 0 Å². The standard InChI is InChI=1S/C11H22N2O2/c1-2-10-9-14-6-4-13(10)8-11-7-12-3-5-15-11/h10-12H,2-9H2,1H3. The quantitative estimate of drug-likeness (QED) is 0.722. The first-order valence-electron chi connectivity index (χ1n) is 6.04.